The number of aromatic nitrogens is 4. The van der Waals surface area contributed by atoms with Crippen LogP contribution in [0.5, 0.6) is 5.75 Å². The third-order valence-corrected chi connectivity index (χ3v) is 14.5. The van der Waals surface area contributed by atoms with Gasteiger partial charge in [0.25, 0.3) is 0 Å². The maximum Gasteiger partial charge on any atom is 0.149 e. The third kappa shape index (κ3) is 7.89. The SMILES string of the molecule is CC(C)(C)c1cc(-c2cccc3c2nc(-c2cc(C(C)(C)C)cc(C(C)(C)C)c2O)n3-c2ccc(C(C)(C)C)cc2-c2ccccc2)cc(-c2ncnc3c2sc2cc4ccccc4cc23)c1. The summed E-state index contributed by atoms with van der Waals surface area (Å²) in [6, 6.07) is 48.4. The average molecular weight is 897 g/mol. The first kappa shape index (κ1) is 44.2. The van der Waals surface area contributed by atoms with Gasteiger partial charge in [0.1, 0.15) is 17.9 Å². The van der Waals surface area contributed by atoms with Crippen molar-refractivity contribution in [1.82, 2.24) is 19.5 Å². The molecule has 0 unspecified atom stereocenters. The smallest absolute Gasteiger partial charge is 0.149 e. The predicted molar refractivity (Wildman–Crippen MR) is 285 cm³/mol. The van der Waals surface area contributed by atoms with E-state index >= 15 is 0 Å². The molecule has 67 heavy (non-hydrogen) atoms. The molecule has 0 fully saturated rings. The Kier molecular flexibility index (Phi) is 10.4. The highest BCUT2D eigenvalue weighted by Crippen LogP contribution is 2.47. The van der Waals surface area contributed by atoms with Gasteiger partial charge in [0.2, 0.25) is 0 Å². The molecular weight excluding hydrogens is 837 g/mol. The van der Waals surface area contributed by atoms with Gasteiger partial charge in [-0.15, -0.1) is 11.3 Å². The number of fused-ring (bicyclic) bond motifs is 5. The normalized spacial score (nSPS) is 12.8. The fourth-order valence-corrected chi connectivity index (χ4v) is 10.6. The van der Waals surface area contributed by atoms with E-state index in [0.29, 0.717) is 11.4 Å². The van der Waals surface area contributed by atoms with Crippen LogP contribution < -0.4 is 0 Å². The second kappa shape index (κ2) is 15.7. The highest BCUT2D eigenvalue weighted by Gasteiger charge is 2.30. The van der Waals surface area contributed by atoms with Gasteiger partial charge >= 0.3 is 0 Å². The lowest BCUT2D eigenvalue weighted by atomic mass is 9.79. The van der Waals surface area contributed by atoms with Crippen LogP contribution in [0.25, 0.3) is 92.7 Å². The molecule has 0 radical (unpaired) electrons. The van der Waals surface area contributed by atoms with E-state index in [2.05, 4.69) is 221 Å². The first-order chi connectivity index (χ1) is 31.6. The second-order valence-electron chi connectivity index (χ2n) is 22.5. The maximum absolute atomic E-state index is 12.6. The number of imidazole rings is 1. The highest BCUT2D eigenvalue weighted by molar-refractivity contribution is 7.26. The number of thiophene rings is 1. The minimum absolute atomic E-state index is 0.0784. The molecule has 7 aromatic carbocycles. The summed E-state index contributed by atoms with van der Waals surface area (Å²) < 4.78 is 4.57. The van der Waals surface area contributed by atoms with Crippen molar-refractivity contribution in [1.29, 1.82) is 0 Å². The summed E-state index contributed by atoms with van der Waals surface area (Å²) in [6.45, 7) is 26.8. The molecule has 0 aliphatic carbocycles. The molecule has 1 N–H and O–H groups in total. The molecule has 0 spiro atoms. The van der Waals surface area contributed by atoms with Gasteiger partial charge < -0.3 is 5.11 Å². The van der Waals surface area contributed by atoms with E-state index in [1.807, 2.05) is 0 Å². The van der Waals surface area contributed by atoms with Crippen molar-refractivity contribution in [2.24, 2.45) is 0 Å². The maximum atomic E-state index is 12.6. The van der Waals surface area contributed by atoms with Crippen molar-refractivity contribution in [2.75, 3.05) is 0 Å². The van der Waals surface area contributed by atoms with Gasteiger partial charge in [-0.2, -0.15) is 0 Å². The zero-order valence-electron chi connectivity index (χ0n) is 40.9. The molecule has 3 heterocycles. The Labute approximate surface area is 399 Å². The Hall–Kier alpha value is -6.63. The summed E-state index contributed by atoms with van der Waals surface area (Å²) in [6.07, 6.45) is 1.72. The molecule has 10 aromatic rings. The topological polar surface area (TPSA) is 63.8 Å². The van der Waals surface area contributed by atoms with Crippen molar-refractivity contribution in [2.45, 2.75) is 105 Å². The largest absolute Gasteiger partial charge is 0.507 e. The van der Waals surface area contributed by atoms with Crippen LogP contribution in [0, 0.1) is 0 Å². The fraction of sp³-hybridized carbons (Fsp3) is 0.262. The van der Waals surface area contributed by atoms with E-state index in [-0.39, 0.29) is 27.4 Å². The molecule has 0 aliphatic rings. The van der Waals surface area contributed by atoms with Crippen molar-refractivity contribution >= 4 is 53.4 Å². The van der Waals surface area contributed by atoms with Crippen LogP contribution in [0.3, 0.4) is 0 Å². The molecule has 0 aliphatic heterocycles. The lowest BCUT2D eigenvalue weighted by Gasteiger charge is -2.28. The third-order valence-electron chi connectivity index (χ3n) is 13.4. The number of hydrogen-bond acceptors (Lipinski definition) is 5. The van der Waals surface area contributed by atoms with E-state index in [1.54, 1.807) is 17.7 Å². The number of phenols is 1. The Balaban J connectivity index is 1.28. The molecule has 0 saturated heterocycles. The molecule has 0 atom stereocenters. The summed E-state index contributed by atoms with van der Waals surface area (Å²) in [5, 5.41) is 16.2. The molecule has 0 saturated carbocycles. The summed E-state index contributed by atoms with van der Waals surface area (Å²) in [7, 11) is 0. The molecule has 6 heteroatoms. The standard InChI is InChI=1S/C61H60N4OS/c1-58(2,3)41-25-26-49(45(32-41)36-19-14-13-15-20-36)65-50-24-18-23-44(53(50)64-57(65)47-33-43(60(7,8)9)34-48(55(47)66)61(10,11)12)39-27-40(29-42(28-39)59(4,5)6)52-56-54(63-35-62-52)46-30-37-21-16-17-22-38(37)31-51(46)67-56/h13-35,66H,1-12H3. The molecule has 10 rings (SSSR count). The summed E-state index contributed by atoms with van der Waals surface area (Å²) in [5.41, 5.74) is 14.4. The van der Waals surface area contributed by atoms with Crippen LogP contribution >= 0.6 is 11.3 Å². The van der Waals surface area contributed by atoms with Crippen LogP contribution in [-0.2, 0) is 21.7 Å². The zero-order valence-corrected chi connectivity index (χ0v) is 41.7. The molecule has 0 bridgehead atoms. The van der Waals surface area contributed by atoms with Gasteiger partial charge in [-0.25, -0.2) is 15.0 Å². The number of para-hydroxylation sites is 1. The predicted octanol–water partition coefficient (Wildman–Crippen LogP) is 16.9. The van der Waals surface area contributed by atoms with Gasteiger partial charge in [0.05, 0.1) is 38.2 Å². The van der Waals surface area contributed by atoms with E-state index in [4.69, 9.17) is 15.0 Å². The van der Waals surface area contributed by atoms with Crippen molar-refractivity contribution in [3.8, 4) is 56.3 Å². The van der Waals surface area contributed by atoms with E-state index in [9.17, 15) is 5.11 Å². The molecule has 3 aromatic heterocycles. The molecule has 0 amide bonds. The Morgan fingerprint density at radius 3 is 1.82 bits per heavy atom. The zero-order chi connectivity index (χ0) is 47.4. The molecular formula is C61H60N4OS. The van der Waals surface area contributed by atoms with Crippen LogP contribution in [0.1, 0.15) is 105 Å². The number of aromatic hydroxyl groups is 1. The fourth-order valence-electron chi connectivity index (χ4n) is 9.43. The minimum atomic E-state index is -0.330. The van der Waals surface area contributed by atoms with Crippen LogP contribution in [0.2, 0.25) is 0 Å². The van der Waals surface area contributed by atoms with Gasteiger partial charge in [-0.3, -0.25) is 4.57 Å². The van der Waals surface area contributed by atoms with Crippen LogP contribution in [-0.4, -0.2) is 24.6 Å². The number of rotatable bonds is 5. The second-order valence-corrected chi connectivity index (χ2v) is 23.5. The minimum Gasteiger partial charge on any atom is -0.507 e. The van der Waals surface area contributed by atoms with Gasteiger partial charge in [0.15, 0.2) is 0 Å². The number of phenolic OH excluding ortho intramolecular Hbond substituents is 1. The summed E-state index contributed by atoms with van der Waals surface area (Å²) in [4.78, 5) is 15.7. The van der Waals surface area contributed by atoms with Crippen LogP contribution in [0.15, 0.2) is 140 Å². The van der Waals surface area contributed by atoms with Crippen molar-refractivity contribution in [3.63, 3.8) is 0 Å². The van der Waals surface area contributed by atoms with Crippen LogP contribution in [0.4, 0.5) is 0 Å². The Morgan fingerprint density at radius 1 is 0.493 bits per heavy atom. The van der Waals surface area contributed by atoms with Gasteiger partial charge in [-0.1, -0.05) is 168 Å². The van der Waals surface area contributed by atoms with Crippen molar-refractivity contribution in [3.05, 3.63) is 162 Å². The first-order valence-corrected chi connectivity index (χ1v) is 24.3. The first-order valence-electron chi connectivity index (χ1n) is 23.5. The van der Waals surface area contributed by atoms with Crippen molar-refractivity contribution < 1.29 is 5.11 Å². The lowest BCUT2D eigenvalue weighted by molar-refractivity contribution is 0.446. The van der Waals surface area contributed by atoms with E-state index < -0.39 is 0 Å². The molecule has 336 valence electrons. The highest BCUT2D eigenvalue weighted by atomic mass is 32.1. The van der Waals surface area contributed by atoms with E-state index in [0.717, 1.165) is 77.0 Å². The van der Waals surface area contributed by atoms with Gasteiger partial charge in [-0.05, 0) is 109 Å². The lowest BCUT2D eigenvalue weighted by Crippen LogP contribution is -2.17. The Bertz CT molecular complexity index is 3570. The Morgan fingerprint density at radius 2 is 1.13 bits per heavy atom. The average Bonchev–Trinajstić information content (AvgIpc) is 3.85. The summed E-state index contributed by atoms with van der Waals surface area (Å²) >= 11 is 1.76. The molecule has 5 nitrogen and oxygen atoms in total. The van der Waals surface area contributed by atoms with Gasteiger partial charge in [0, 0.05) is 32.3 Å². The number of nitrogens with zero attached hydrogens (tertiary/aromatic N) is 4. The van der Waals surface area contributed by atoms with E-state index in [1.165, 1.54) is 26.6 Å². The quantitative estimate of drug-likeness (QED) is 0.187. The number of hydrogen-bond donors (Lipinski definition) is 1. The summed E-state index contributed by atoms with van der Waals surface area (Å²) in [5.74, 6) is 0.951. The number of benzene rings is 7. The monoisotopic (exact) mass is 896 g/mol.